The smallest absolute Gasteiger partial charge is 0.00559 e. The molecule has 2 nitrogen and oxygen atoms in total. The van der Waals surface area contributed by atoms with Gasteiger partial charge in [0.05, 0.1) is 0 Å². The van der Waals surface area contributed by atoms with E-state index >= 15 is 0 Å². The third kappa shape index (κ3) is 7.77. The van der Waals surface area contributed by atoms with E-state index < -0.39 is 0 Å². The first kappa shape index (κ1) is 15.0. The molecule has 1 fully saturated rings. The Kier molecular flexibility index (Phi) is 6.50. The van der Waals surface area contributed by atoms with Gasteiger partial charge in [-0.2, -0.15) is 0 Å². The first-order valence-corrected chi connectivity index (χ1v) is 7.45. The van der Waals surface area contributed by atoms with Crippen molar-refractivity contribution in [2.45, 2.75) is 71.8 Å². The van der Waals surface area contributed by atoms with Crippen LogP contribution in [0.3, 0.4) is 0 Å². The fourth-order valence-electron chi connectivity index (χ4n) is 2.77. The summed E-state index contributed by atoms with van der Waals surface area (Å²) in [4.78, 5) is 2.63. The molecule has 1 aliphatic heterocycles. The predicted molar refractivity (Wildman–Crippen MR) is 76.2 cm³/mol. The average Bonchev–Trinajstić information content (AvgIpc) is 2.13. The SMILES string of the molecule is CC(C)(C)CC(N)CCN1CCCCCCC1. The number of hydrogen-bond donors (Lipinski definition) is 1. The lowest BCUT2D eigenvalue weighted by Gasteiger charge is -2.28. The largest absolute Gasteiger partial charge is 0.328 e. The second-order valence-electron chi connectivity index (χ2n) is 6.92. The normalized spacial score (nSPS) is 21.9. The van der Waals surface area contributed by atoms with E-state index in [1.807, 2.05) is 0 Å². The minimum atomic E-state index is 0.371. The summed E-state index contributed by atoms with van der Waals surface area (Å²) in [7, 11) is 0. The van der Waals surface area contributed by atoms with Gasteiger partial charge in [-0.05, 0) is 50.7 Å². The first-order chi connectivity index (χ1) is 7.97. The number of likely N-dealkylation sites (tertiary alicyclic amines) is 1. The van der Waals surface area contributed by atoms with E-state index in [0.29, 0.717) is 11.5 Å². The second kappa shape index (κ2) is 7.38. The van der Waals surface area contributed by atoms with Gasteiger partial charge < -0.3 is 10.6 Å². The number of nitrogens with zero attached hydrogens (tertiary/aromatic N) is 1. The predicted octanol–water partition coefficient (Wildman–Crippen LogP) is 3.41. The zero-order valence-corrected chi connectivity index (χ0v) is 12.2. The Morgan fingerprint density at radius 3 is 2.06 bits per heavy atom. The van der Waals surface area contributed by atoms with Crippen LogP contribution < -0.4 is 5.73 Å². The molecular formula is C15H32N2. The van der Waals surface area contributed by atoms with Crippen LogP contribution in [-0.2, 0) is 0 Å². The van der Waals surface area contributed by atoms with Crippen LogP contribution >= 0.6 is 0 Å². The molecule has 1 unspecified atom stereocenters. The highest BCUT2D eigenvalue weighted by Gasteiger charge is 2.16. The summed E-state index contributed by atoms with van der Waals surface area (Å²) in [6, 6.07) is 0.375. The van der Waals surface area contributed by atoms with Gasteiger partial charge in [0.15, 0.2) is 0 Å². The zero-order valence-electron chi connectivity index (χ0n) is 12.2. The molecule has 1 rings (SSSR count). The van der Waals surface area contributed by atoms with Crippen molar-refractivity contribution in [1.82, 2.24) is 4.90 Å². The van der Waals surface area contributed by atoms with Crippen LogP contribution in [0.4, 0.5) is 0 Å². The molecule has 17 heavy (non-hydrogen) atoms. The molecule has 2 heteroatoms. The van der Waals surface area contributed by atoms with E-state index in [4.69, 9.17) is 5.73 Å². The Balaban J connectivity index is 2.19. The quantitative estimate of drug-likeness (QED) is 0.816. The Morgan fingerprint density at radius 1 is 1.00 bits per heavy atom. The molecule has 0 aromatic heterocycles. The van der Waals surface area contributed by atoms with Gasteiger partial charge in [0.25, 0.3) is 0 Å². The highest BCUT2D eigenvalue weighted by molar-refractivity contribution is 4.73. The standard InChI is InChI=1S/C15H32N2/c1-15(2,3)13-14(16)9-12-17-10-7-5-4-6-8-11-17/h14H,4-13,16H2,1-3H3. The zero-order chi connectivity index (χ0) is 12.7. The minimum absolute atomic E-state index is 0.371. The van der Waals surface area contributed by atoms with Gasteiger partial charge >= 0.3 is 0 Å². The topological polar surface area (TPSA) is 29.3 Å². The molecule has 0 saturated carbocycles. The molecule has 0 aliphatic carbocycles. The molecule has 1 aliphatic rings. The van der Waals surface area contributed by atoms with Crippen molar-refractivity contribution in [3.8, 4) is 0 Å². The summed E-state index contributed by atoms with van der Waals surface area (Å²) in [6.45, 7) is 10.6. The molecule has 1 atom stereocenters. The summed E-state index contributed by atoms with van der Waals surface area (Å²) in [6.07, 6.45) is 9.35. The molecule has 2 N–H and O–H groups in total. The molecular weight excluding hydrogens is 208 g/mol. The van der Waals surface area contributed by atoms with E-state index in [0.717, 1.165) is 12.8 Å². The van der Waals surface area contributed by atoms with E-state index in [2.05, 4.69) is 25.7 Å². The van der Waals surface area contributed by atoms with Crippen molar-refractivity contribution >= 4 is 0 Å². The van der Waals surface area contributed by atoms with Gasteiger partial charge in [0.1, 0.15) is 0 Å². The highest BCUT2D eigenvalue weighted by atomic mass is 15.1. The molecule has 0 spiro atoms. The Bertz CT molecular complexity index is 188. The van der Waals surface area contributed by atoms with E-state index in [9.17, 15) is 0 Å². The van der Waals surface area contributed by atoms with Crippen molar-refractivity contribution in [3.63, 3.8) is 0 Å². The van der Waals surface area contributed by atoms with E-state index in [-0.39, 0.29) is 0 Å². The molecule has 0 aromatic rings. The van der Waals surface area contributed by atoms with Crippen LogP contribution in [0.15, 0.2) is 0 Å². The summed E-state index contributed by atoms with van der Waals surface area (Å²) >= 11 is 0. The maximum absolute atomic E-state index is 6.22. The van der Waals surface area contributed by atoms with Crippen molar-refractivity contribution in [3.05, 3.63) is 0 Å². The van der Waals surface area contributed by atoms with E-state index in [1.165, 1.54) is 51.7 Å². The summed E-state index contributed by atoms with van der Waals surface area (Å²) in [5.74, 6) is 0. The number of hydrogen-bond acceptors (Lipinski definition) is 2. The lowest BCUT2D eigenvalue weighted by Crippen LogP contribution is -2.34. The van der Waals surface area contributed by atoms with Crippen LogP contribution in [0.5, 0.6) is 0 Å². The minimum Gasteiger partial charge on any atom is -0.328 e. The van der Waals surface area contributed by atoms with Gasteiger partial charge in [-0.1, -0.05) is 40.0 Å². The van der Waals surface area contributed by atoms with Gasteiger partial charge in [-0.15, -0.1) is 0 Å². The monoisotopic (exact) mass is 240 g/mol. The molecule has 0 bridgehead atoms. The number of nitrogens with two attached hydrogens (primary N) is 1. The average molecular weight is 240 g/mol. The van der Waals surface area contributed by atoms with Crippen molar-refractivity contribution in [2.24, 2.45) is 11.1 Å². The lowest BCUT2D eigenvalue weighted by atomic mass is 9.87. The van der Waals surface area contributed by atoms with Gasteiger partial charge in [0.2, 0.25) is 0 Å². The Hall–Kier alpha value is -0.0800. The van der Waals surface area contributed by atoms with Gasteiger partial charge in [-0.25, -0.2) is 0 Å². The van der Waals surface area contributed by atoms with Crippen LogP contribution in [0.25, 0.3) is 0 Å². The maximum atomic E-state index is 6.22. The van der Waals surface area contributed by atoms with E-state index in [1.54, 1.807) is 0 Å². The molecule has 1 heterocycles. The molecule has 0 radical (unpaired) electrons. The Labute approximate surface area is 108 Å². The summed E-state index contributed by atoms with van der Waals surface area (Å²) in [5, 5.41) is 0. The molecule has 0 amide bonds. The van der Waals surface area contributed by atoms with Crippen LogP contribution in [-0.4, -0.2) is 30.6 Å². The van der Waals surface area contributed by atoms with Crippen LogP contribution in [0.1, 0.15) is 65.7 Å². The molecule has 102 valence electrons. The number of rotatable bonds is 4. The molecule has 0 aromatic carbocycles. The van der Waals surface area contributed by atoms with Crippen LogP contribution in [0, 0.1) is 5.41 Å². The highest BCUT2D eigenvalue weighted by Crippen LogP contribution is 2.21. The third-order valence-electron chi connectivity index (χ3n) is 3.64. The summed E-state index contributed by atoms with van der Waals surface area (Å²) < 4.78 is 0. The van der Waals surface area contributed by atoms with Gasteiger partial charge in [0, 0.05) is 6.04 Å². The fraction of sp³-hybridized carbons (Fsp3) is 1.00. The summed E-state index contributed by atoms with van der Waals surface area (Å²) in [5.41, 5.74) is 6.59. The maximum Gasteiger partial charge on any atom is 0.00559 e. The van der Waals surface area contributed by atoms with Gasteiger partial charge in [-0.3, -0.25) is 0 Å². The third-order valence-corrected chi connectivity index (χ3v) is 3.64. The lowest BCUT2D eigenvalue weighted by molar-refractivity contribution is 0.228. The van der Waals surface area contributed by atoms with Crippen molar-refractivity contribution in [2.75, 3.05) is 19.6 Å². The van der Waals surface area contributed by atoms with Crippen molar-refractivity contribution in [1.29, 1.82) is 0 Å². The van der Waals surface area contributed by atoms with Crippen molar-refractivity contribution < 1.29 is 0 Å². The second-order valence-corrected chi connectivity index (χ2v) is 6.92. The molecule has 1 saturated heterocycles. The Morgan fingerprint density at radius 2 is 1.53 bits per heavy atom. The van der Waals surface area contributed by atoms with Crippen LogP contribution in [0.2, 0.25) is 0 Å². The fourth-order valence-corrected chi connectivity index (χ4v) is 2.77. The first-order valence-electron chi connectivity index (χ1n) is 7.45.